The highest BCUT2D eigenvalue weighted by atomic mass is 32.1. The molecule has 14 nitrogen and oxygen atoms in total. The molecule has 8 rings (SSSR count). The molecule has 304 valence electrons. The fourth-order valence-electron chi connectivity index (χ4n) is 5.92. The van der Waals surface area contributed by atoms with Crippen LogP contribution in [0.3, 0.4) is 0 Å². The van der Waals surface area contributed by atoms with Gasteiger partial charge in [-0.25, -0.2) is 38.7 Å². The Kier molecular flexibility index (Phi) is 10.9. The lowest BCUT2D eigenvalue weighted by atomic mass is 10.0. The van der Waals surface area contributed by atoms with Gasteiger partial charge in [0.05, 0.1) is 21.1 Å². The molecule has 0 spiro atoms. The third-order valence-corrected chi connectivity index (χ3v) is 11.6. The zero-order chi connectivity index (χ0) is 43.0. The molecular weight excluding hydrogens is 815 g/mol. The molecule has 18 heteroatoms. The maximum Gasteiger partial charge on any atom is 0.277 e. The number of nitrogens with zero attached hydrogens (tertiary/aromatic N) is 6. The average molecular weight is 849 g/mol. The van der Waals surface area contributed by atoms with Crippen molar-refractivity contribution in [3.8, 4) is 57.7 Å². The number of thiazole rings is 2. The van der Waals surface area contributed by atoms with Crippen LogP contribution >= 0.6 is 22.7 Å². The number of fused-ring (bicyclic) bond motifs is 6. The van der Waals surface area contributed by atoms with Gasteiger partial charge in [-0.2, -0.15) is 0 Å². The van der Waals surface area contributed by atoms with E-state index in [1.807, 2.05) is 0 Å². The minimum atomic E-state index is -1.83. The van der Waals surface area contributed by atoms with Gasteiger partial charge in [0.25, 0.3) is 11.8 Å². The van der Waals surface area contributed by atoms with Gasteiger partial charge in [-0.3, -0.25) is 9.59 Å². The van der Waals surface area contributed by atoms with Crippen LogP contribution in [-0.4, -0.2) is 65.1 Å². The van der Waals surface area contributed by atoms with Crippen LogP contribution in [0.4, 0.5) is 8.78 Å². The minimum Gasteiger partial charge on any atom is -0.489 e. The summed E-state index contributed by atoms with van der Waals surface area (Å²) < 4.78 is 41.6. The lowest BCUT2D eigenvalue weighted by Crippen LogP contribution is -2.22. The highest BCUT2D eigenvalue weighted by molar-refractivity contribution is 7.14. The van der Waals surface area contributed by atoms with Crippen LogP contribution in [-0.2, 0) is 22.5 Å². The number of benzene rings is 2. The van der Waals surface area contributed by atoms with Crippen molar-refractivity contribution in [1.29, 1.82) is 0 Å². The zero-order valence-corrected chi connectivity index (χ0v) is 33.9. The summed E-state index contributed by atoms with van der Waals surface area (Å²) in [5, 5.41) is 21.2. The average Bonchev–Trinajstić information content (AvgIpc) is 3.86. The van der Waals surface area contributed by atoms with Crippen molar-refractivity contribution >= 4 is 34.5 Å². The van der Waals surface area contributed by atoms with Gasteiger partial charge in [0.2, 0.25) is 0 Å². The van der Waals surface area contributed by atoms with Crippen molar-refractivity contribution in [1.82, 2.24) is 29.9 Å². The van der Waals surface area contributed by atoms with Crippen molar-refractivity contribution in [2.75, 3.05) is 13.2 Å². The molecule has 6 N–H and O–H groups in total. The SMILES string of the molecule is C[C@@](O)(C#Cc1ccc2c(c1)-c1nc(C(N)=O)sc1[C@](C)(F)CO2)c1ncccn1.C[C@@](O)(C#Cc1ccc2c(c1)-c1nc(C(N)=O)sc1[C@](C)(F)CO2)c1ncccn1. The number of alkyl halides is 2. The summed E-state index contributed by atoms with van der Waals surface area (Å²) in [6.45, 7) is 5.29. The number of aromatic nitrogens is 6. The number of carbonyl (C=O) groups is 2. The fourth-order valence-corrected chi connectivity index (χ4v) is 7.83. The summed E-state index contributed by atoms with van der Waals surface area (Å²) in [5.41, 5.74) is 6.57. The smallest absolute Gasteiger partial charge is 0.277 e. The first-order valence-corrected chi connectivity index (χ1v) is 19.6. The van der Waals surface area contributed by atoms with E-state index in [-0.39, 0.29) is 44.6 Å². The first kappa shape index (κ1) is 41.5. The second kappa shape index (κ2) is 15.8. The van der Waals surface area contributed by atoms with Crippen molar-refractivity contribution in [3.05, 3.63) is 116 Å². The molecule has 0 fully saturated rings. The van der Waals surface area contributed by atoms with E-state index in [0.29, 0.717) is 45.1 Å². The lowest BCUT2D eigenvalue weighted by Gasteiger charge is -2.16. The van der Waals surface area contributed by atoms with E-state index in [4.69, 9.17) is 20.9 Å². The summed E-state index contributed by atoms with van der Waals surface area (Å²) in [4.78, 5) is 48.4. The van der Waals surface area contributed by atoms with E-state index in [1.54, 1.807) is 48.5 Å². The molecule has 2 aliphatic heterocycles. The molecule has 0 saturated carbocycles. The number of amides is 2. The number of ether oxygens (including phenoxy) is 2. The van der Waals surface area contributed by atoms with Crippen LogP contribution in [0.15, 0.2) is 73.3 Å². The summed E-state index contributed by atoms with van der Waals surface area (Å²) in [5.74, 6) is 11.0. The molecule has 60 heavy (non-hydrogen) atoms. The number of aliphatic hydroxyl groups is 2. The van der Waals surface area contributed by atoms with Crippen LogP contribution in [0.25, 0.3) is 22.5 Å². The molecular formula is C42H34F2N8O6S2. The fraction of sp³-hybridized carbons (Fsp3) is 0.238. The number of rotatable bonds is 4. The lowest BCUT2D eigenvalue weighted by molar-refractivity contribution is 0.0991. The Morgan fingerprint density at radius 1 is 0.700 bits per heavy atom. The standard InChI is InChI=1S/2C21H17FN4O3S/c2*1-20(22)11-29-14-5-4-12(6-7-21(2,28)19-24-8-3-9-25-19)10-13(14)15-16(20)30-18(26-15)17(23)27/h2*3-5,8-10,28H,11H2,1-2H3,(H2,23,27)/t2*20-,21-/m11/s1. The molecule has 4 aromatic heterocycles. The monoisotopic (exact) mass is 848 g/mol. The van der Waals surface area contributed by atoms with Crippen molar-refractivity contribution in [3.63, 3.8) is 0 Å². The predicted molar refractivity (Wildman–Crippen MR) is 217 cm³/mol. The molecule has 6 aromatic rings. The van der Waals surface area contributed by atoms with Gasteiger partial charge in [0, 0.05) is 47.0 Å². The largest absolute Gasteiger partial charge is 0.489 e. The van der Waals surface area contributed by atoms with Gasteiger partial charge >= 0.3 is 0 Å². The Hall–Kier alpha value is -6.70. The molecule has 4 atom stereocenters. The first-order chi connectivity index (χ1) is 28.3. The third kappa shape index (κ3) is 8.54. The van der Waals surface area contributed by atoms with Gasteiger partial charge in [0.1, 0.15) is 24.7 Å². The summed E-state index contributed by atoms with van der Waals surface area (Å²) >= 11 is 1.83. The van der Waals surface area contributed by atoms with Crippen LogP contribution in [0.1, 0.15) is 79.8 Å². The minimum absolute atomic E-state index is 0.0253. The zero-order valence-electron chi connectivity index (χ0n) is 32.3. The van der Waals surface area contributed by atoms with E-state index in [1.165, 1.54) is 52.5 Å². The van der Waals surface area contributed by atoms with Gasteiger partial charge in [-0.15, -0.1) is 22.7 Å². The van der Waals surface area contributed by atoms with E-state index >= 15 is 8.78 Å². The van der Waals surface area contributed by atoms with Gasteiger partial charge < -0.3 is 31.2 Å². The Balaban J connectivity index is 0.000000181. The molecule has 0 saturated heterocycles. The molecule has 0 radical (unpaired) electrons. The van der Waals surface area contributed by atoms with Gasteiger partial charge in [-0.1, -0.05) is 23.7 Å². The molecule has 0 bridgehead atoms. The van der Waals surface area contributed by atoms with Crippen LogP contribution < -0.4 is 20.9 Å². The second-order valence-corrected chi connectivity index (χ2v) is 16.3. The number of hydrogen-bond donors (Lipinski definition) is 4. The van der Waals surface area contributed by atoms with E-state index in [9.17, 15) is 19.8 Å². The van der Waals surface area contributed by atoms with Gasteiger partial charge in [0.15, 0.2) is 44.2 Å². The van der Waals surface area contributed by atoms with Crippen LogP contribution in [0, 0.1) is 23.7 Å². The van der Waals surface area contributed by atoms with Gasteiger partial charge in [-0.05, 0) is 76.2 Å². The second-order valence-electron chi connectivity index (χ2n) is 14.3. The van der Waals surface area contributed by atoms with E-state index < -0.39 is 34.4 Å². The van der Waals surface area contributed by atoms with E-state index in [2.05, 4.69) is 53.6 Å². The maximum atomic E-state index is 15.2. The van der Waals surface area contributed by atoms with Crippen LogP contribution in [0.5, 0.6) is 11.5 Å². The topological polar surface area (TPSA) is 222 Å². The Bertz CT molecular complexity index is 2580. The normalized spacial score (nSPS) is 19.2. The summed E-state index contributed by atoms with van der Waals surface area (Å²) in [6, 6.07) is 13.3. The van der Waals surface area contributed by atoms with Crippen LogP contribution in [0.2, 0.25) is 0 Å². The highest BCUT2D eigenvalue weighted by Gasteiger charge is 2.39. The van der Waals surface area contributed by atoms with Crippen molar-refractivity contribution in [2.24, 2.45) is 11.5 Å². The summed E-state index contributed by atoms with van der Waals surface area (Å²) in [7, 11) is 0. The van der Waals surface area contributed by atoms with Crippen molar-refractivity contribution in [2.45, 2.75) is 50.2 Å². The molecule has 2 aliphatic rings. The molecule has 2 aromatic carbocycles. The molecule has 0 aliphatic carbocycles. The number of hydrogen-bond acceptors (Lipinski definition) is 14. The predicted octanol–water partition coefficient (Wildman–Crippen LogP) is 5.07. The van der Waals surface area contributed by atoms with E-state index in [0.717, 1.165) is 22.7 Å². The number of halogens is 2. The van der Waals surface area contributed by atoms with Crippen molar-refractivity contribution < 1.29 is 38.1 Å². The third-order valence-electron chi connectivity index (χ3n) is 8.99. The molecule has 2 amide bonds. The number of carbonyl (C=O) groups excluding carboxylic acids is 2. The number of nitrogens with two attached hydrogens (primary N) is 2. The first-order valence-electron chi connectivity index (χ1n) is 18.0. The Morgan fingerprint density at radius 2 is 1.07 bits per heavy atom. The maximum absolute atomic E-state index is 15.2. The highest BCUT2D eigenvalue weighted by Crippen LogP contribution is 2.46. The molecule has 6 heterocycles. The number of primary amides is 2. The summed E-state index contributed by atoms with van der Waals surface area (Å²) in [6.07, 6.45) is 6.08. The quantitative estimate of drug-likeness (QED) is 0.171. The Morgan fingerprint density at radius 3 is 1.42 bits per heavy atom. The molecule has 0 unspecified atom stereocenters. The Labute approximate surface area is 349 Å².